The molecule has 0 aliphatic carbocycles. The minimum atomic E-state index is 0.151. The normalized spacial score (nSPS) is 15.1. The topological polar surface area (TPSA) is 41.4 Å². The number of amides is 1. The van der Waals surface area contributed by atoms with Crippen molar-refractivity contribution in [3.05, 3.63) is 47.4 Å². The molecule has 1 fully saturated rings. The Hall–Kier alpha value is -2.30. The van der Waals surface area contributed by atoms with E-state index in [1.54, 1.807) is 0 Å². The summed E-state index contributed by atoms with van der Waals surface area (Å²) in [7, 11) is 0. The van der Waals surface area contributed by atoms with Gasteiger partial charge >= 0.3 is 0 Å². The number of aryl methyl sites for hydroxylation is 1. The third-order valence-corrected chi connectivity index (χ3v) is 4.66. The number of hydrogen-bond acceptors (Lipinski definition) is 3. The lowest BCUT2D eigenvalue weighted by Gasteiger charge is -2.35. The van der Waals surface area contributed by atoms with Gasteiger partial charge in [-0.15, -0.1) is 0 Å². The van der Waals surface area contributed by atoms with Gasteiger partial charge in [-0.2, -0.15) is 0 Å². The van der Waals surface area contributed by atoms with Gasteiger partial charge in [0.2, 0.25) is 0 Å². The number of rotatable bonds is 3. The first-order valence-corrected chi connectivity index (χ1v) is 8.23. The third kappa shape index (κ3) is 2.96. The Morgan fingerprint density at radius 1 is 1.17 bits per heavy atom. The van der Waals surface area contributed by atoms with Gasteiger partial charge in [-0.3, -0.25) is 4.79 Å². The molecule has 0 radical (unpaired) electrons. The number of aromatic nitrogens is 2. The van der Waals surface area contributed by atoms with Crippen molar-refractivity contribution in [2.45, 2.75) is 27.3 Å². The van der Waals surface area contributed by atoms with Gasteiger partial charge in [-0.05, 0) is 39.0 Å². The van der Waals surface area contributed by atoms with Crippen LogP contribution >= 0.6 is 0 Å². The van der Waals surface area contributed by atoms with Crippen molar-refractivity contribution in [1.29, 1.82) is 0 Å². The Morgan fingerprint density at radius 2 is 1.91 bits per heavy atom. The van der Waals surface area contributed by atoms with E-state index in [1.807, 2.05) is 42.3 Å². The number of piperazine rings is 1. The van der Waals surface area contributed by atoms with Gasteiger partial charge in [0.15, 0.2) is 0 Å². The van der Waals surface area contributed by atoms with E-state index >= 15 is 0 Å². The predicted octanol–water partition coefficient (Wildman–Crippen LogP) is 2.48. The minimum Gasteiger partial charge on any atom is -0.353 e. The SMILES string of the molecule is CCn1c(C)cc(C(=O)N2CCN(c3ccccn3)CC2)c1C. The molecule has 5 nitrogen and oxygen atoms in total. The summed E-state index contributed by atoms with van der Waals surface area (Å²) in [4.78, 5) is 21.4. The highest BCUT2D eigenvalue weighted by atomic mass is 16.2. The first kappa shape index (κ1) is 15.6. The van der Waals surface area contributed by atoms with Crippen LogP contribution in [0.2, 0.25) is 0 Å². The summed E-state index contributed by atoms with van der Waals surface area (Å²) in [6, 6.07) is 7.96. The standard InChI is InChI=1S/C18H24N4O/c1-4-22-14(2)13-16(15(22)3)18(23)21-11-9-20(10-12-21)17-7-5-6-8-19-17/h5-8,13H,4,9-12H2,1-3H3. The van der Waals surface area contributed by atoms with Crippen molar-refractivity contribution in [1.82, 2.24) is 14.5 Å². The average Bonchev–Trinajstić information content (AvgIpc) is 2.89. The Kier molecular flexibility index (Phi) is 4.37. The maximum Gasteiger partial charge on any atom is 0.255 e. The fourth-order valence-electron chi connectivity index (χ4n) is 3.35. The van der Waals surface area contributed by atoms with Crippen LogP contribution in [0.25, 0.3) is 0 Å². The molecule has 5 heteroatoms. The van der Waals surface area contributed by atoms with E-state index in [2.05, 4.69) is 28.3 Å². The second-order valence-electron chi connectivity index (χ2n) is 6.00. The van der Waals surface area contributed by atoms with E-state index in [1.165, 1.54) is 0 Å². The quantitative estimate of drug-likeness (QED) is 0.874. The van der Waals surface area contributed by atoms with Crippen LogP contribution in [0.4, 0.5) is 5.82 Å². The maximum absolute atomic E-state index is 12.8. The number of nitrogens with zero attached hydrogens (tertiary/aromatic N) is 4. The van der Waals surface area contributed by atoms with Crippen molar-refractivity contribution in [3.8, 4) is 0 Å². The van der Waals surface area contributed by atoms with Crippen LogP contribution in [-0.4, -0.2) is 46.5 Å². The molecule has 0 N–H and O–H groups in total. The number of carbonyl (C=O) groups is 1. The largest absolute Gasteiger partial charge is 0.353 e. The second kappa shape index (κ2) is 6.44. The summed E-state index contributed by atoms with van der Waals surface area (Å²) < 4.78 is 2.19. The lowest BCUT2D eigenvalue weighted by molar-refractivity contribution is 0.0745. The number of anilines is 1. The van der Waals surface area contributed by atoms with Gasteiger partial charge in [-0.25, -0.2) is 4.98 Å². The number of pyridine rings is 1. The fourth-order valence-corrected chi connectivity index (χ4v) is 3.35. The van der Waals surface area contributed by atoms with Gasteiger partial charge in [-0.1, -0.05) is 6.07 Å². The summed E-state index contributed by atoms with van der Waals surface area (Å²) in [5.74, 6) is 1.14. The number of carbonyl (C=O) groups excluding carboxylic acids is 1. The zero-order chi connectivity index (χ0) is 16.4. The molecule has 1 aliphatic heterocycles. The van der Waals surface area contributed by atoms with Crippen LogP contribution in [0.5, 0.6) is 0 Å². The molecular formula is C18H24N4O. The Bertz CT molecular complexity index is 685. The summed E-state index contributed by atoms with van der Waals surface area (Å²) in [5, 5.41) is 0. The molecule has 2 aromatic heterocycles. The summed E-state index contributed by atoms with van der Waals surface area (Å²) in [6.07, 6.45) is 1.81. The van der Waals surface area contributed by atoms with Crippen LogP contribution < -0.4 is 4.90 Å². The van der Waals surface area contributed by atoms with Crippen molar-refractivity contribution in [3.63, 3.8) is 0 Å². The first-order valence-electron chi connectivity index (χ1n) is 8.23. The Labute approximate surface area is 137 Å². The summed E-state index contributed by atoms with van der Waals surface area (Å²) in [5.41, 5.74) is 3.07. The second-order valence-corrected chi connectivity index (χ2v) is 6.00. The van der Waals surface area contributed by atoms with Gasteiger partial charge in [0.05, 0.1) is 5.56 Å². The molecular weight excluding hydrogens is 288 g/mol. The zero-order valence-corrected chi connectivity index (χ0v) is 14.1. The van der Waals surface area contributed by atoms with Crippen LogP contribution in [0, 0.1) is 13.8 Å². The van der Waals surface area contributed by atoms with Crippen molar-refractivity contribution in [2.24, 2.45) is 0 Å². The fraction of sp³-hybridized carbons (Fsp3) is 0.444. The molecule has 0 saturated carbocycles. The first-order chi connectivity index (χ1) is 11.1. The summed E-state index contributed by atoms with van der Waals surface area (Å²) in [6.45, 7) is 10.2. The highest BCUT2D eigenvalue weighted by molar-refractivity contribution is 5.95. The Balaban J connectivity index is 1.69. The molecule has 0 spiro atoms. The molecule has 3 heterocycles. The molecule has 2 aromatic rings. The molecule has 0 atom stereocenters. The maximum atomic E-state index is 12.8. The zero-order valence-electron chi connectivity index (χ0n) is 14.1. The Morgan fingerprint density at radius 3 is 2.48 bits per heavy atom. The number of hydrogen-bond donors (Lipinski definition) is 0. The molecule has 0 bridgehead atoms. The van der Waals surface area contributed by atoms with Crippen molar-refractivity contribution in [2.75, 3.05) is 31.1 Å². The van der Waals surface area contributed by atoms with Gasteiger partial charge in [0.25, 0.3) is 5.91 Å². The van der Waals surface area contributed by atoms with E-state index < -0.39 is 0 Å². The molecule has 1 aliphatic rings. The molecule has 122 valence electrons. The molecule has 0 unspecified atom stereocenters. The minimum absolute atomic E-state index is 0.151. The smallest absolute Gasteiger partial charge is 0.255 e. The van der Waals surface area contributed by atoms with Gasteiger partial charge < -0.3 is 14.4 Å². The van der Waals surface area contributed by atoms with E-state index in [4.69, 9.17) is 0 Å². The highest BCUT2D eigenvalue weighted by Gasteiger charge is 2.25. The molecule has 1 amide bonds. The third-order valence-electron chi connectivity index (χ3n) is 4.66. The van der Waals surface area contributed by atoms with Crippen LogP contribution in [-0.2, 0) is 6.54 Å². The van der Waals surface area contributed by atoms with Crippen molar-refractivity contribution < 1.29 is 4.79 Å². The molecule has 1 saturated heterocycles. The van der Waals surface area contributed by atoms with E-state index in [0.29, 0.717) is 0 Å². The lowest BCUT2D eigenvalue weighted by Crippen LogP contribution is -2.49. The average molecular weight is 312 g/mol. The van der Waals surface area contributed by atoms with E-state index in [-0.39, 0.29) is 5.91 Å². The molecule has 23 heavy (non-hydrogen) atoms. The van der Waals surface area contributed by atoms with Crippen LogP contribution in [0.15, 0.2) is 30.5 Å². The molecule has 0 aromatic carbocycles. The van der Waals surface area contributed by atoms with Gasteiger partial charge in [0.1, 0.15) is 5.82 Å². The molecule has 3 rings (SSSR count). The predicted molar refractivity (Wildman–Crippen MR) is 91.9 cm³/mol. The summed E-state index contributed by atoms with van der Waals surface area (Å²) >= 11 is 0. The van der Waals surface area contributed by atoms with Crippen molar-refractivity contribution >= 4 is 11.7 Å². The monoisotopic (exact) mass is 312 g/mol. The highest BCUT2D eigenvalue weighted by Crippen LogP contribution is 2.19. The van der Waals surface area contributed by atoms with Crippen LogP contribution in [0.1, 0.15) is 28.7 Å². The van der Waals surface area contributed by atoms with Gasteiger partial charge in [0, 0.05) is 50.3 Å². The lowest BCUT2D eigenvalue weighted by atomic mass is 10.2. The van der Waals surface area contributed by atoms with E-state index in [0.717, 1.165) is 55.5 Å². The van der Waals surface area contributed by atoms with E-state index in [9.17, 15) is 4.79 Å². The van der Waals surface area contributed by atoms with Crippen LogP contribution in [0.3, 0.4) is 0 Å².